The normalized spacial score (nSPS) is 13.1. The molecular formula is C14H28O. The van der Waals surface area contributed by atoms with Crippen molar-refractivity contribution in [3.63, 3.8) is 0 Å². The molecule has 90 valence electrons. The molecule has 1 heteroatoms. The molecule has 0 radical (unpaired) electrons. The van der Waals surface area contributed by atoms with Crippen LogP contribution in [0.4, 0.5) is 0 Å². The van der Waals surface area contributed by atoms with Gasteiger partial charge in [0.15, 0.2) is 0 Å². The summed E-state index contributed by atoms with van der Waals surface area (Å²) in [4.78, 5) is 11.5. The lowest BCUT2D eigenvalue weighted by molar-refractivity contribution is -0.120. The third-order valence-corrected chi connectivity index (χ3v) is 3.01. The number of rotatable bonds is 9. The average molecular weight is 212 g/mol. The molecule has 0 aromatic heterocycles. The second kappa shape index (κ2) is 8.94. The summed E-state index contributed by atoms with van der Waals surface area (Å²) in [5.74, 6) is 1.76. The topological polar surface area (TPSA) is 17.1 Å². The molecule has 0 saturated heterocycles. The van der Waals surface area contributed by atoms with Gasteiger partial charge in [-0.1, -0.05) is 53.4 Å². The first kappa shape index (κ1) is 14.7. The average Bonchev–Trinajstić information content (AvgIpc) is 2.17. The van der Waals surface area contributed by atoms with Crippen LogP contribution < -0.4 is 0 Å². The second-order valence-electron chi connectivity index (χ2n) is 5.09. The van der Waals surface area contributed by atoms with Gasteiger partial charge >= 0.3 is 0 Å². The first-order chi connectivity index (χ1) is 7.10. The Morgan fingerprint density at radius 1 is 1.13 bits per heavy atom. The lowest BCUT2D eigenvalue weighted by atomic mass is 9.92. The van der Waals surface area contributed by atoms with E-state index in [1.807, 2.05) is 0 Å². The van der Waals surface area contributed by atoms with E-state index in [1.54, 1.807) is 0 Å². The largest absolute Gasteiger partial charge is 0.300 e. The fourth-order valence-electron chi connectivity index (χ4n) is 1.97. The maximum atomic E-state index is 11.5. The summed E-state index contributed by atoms with van der Waals surface area (Å²) in [5.41, 5.74) is 0. The molecule has 0 aliphatic rings. The molecule has 0 N–H and O–H groups in total. The molecule has 0 unspecified atom stereocenters. The molecule has 1 nitrogen and oxygen atoms in total. The van der Waals surface area contributed by atoms with E-state index in [9.17, 15) is 4.79 Å². The molecule has 0 aromatic carbocycles. The van der Waals surface area contributed by atoms with E-state index < -0.39 is 0 Å². The number of hydrogen-bond donors (Lipinski definition) is 0. The highest BCUT2D eigenvalue weighted by molar-refractivity contribution is 5.78. The third kappa shape index (κ3) is 8.65. The fraction of sp³-hybridized carbons (Fsp3) is 0.929. The highest BCUT2D eigenvalue weighted by Crippen LogP contribution is 2.19. The van der Waals surface area contributed by atoms with Crippen molar-refractivity contribution in [2.24, 2.45) is 11.8 Å². The van der Waals surface area contributed by atoms with Gasteiger partial charge in [0, 0.05) is 12.8 Å². The minimum atomic E-state index is 0.458. The zero-order chi connectivity index (χ0) is 11.7. The molecule has 0 bridgehead atoms. The Balaban J connectivity index is 3.65. The molecule has 0 saturated carbocycles. The summed E-state index contributed by atoms with van der Waals surface area (Å²) in [7, 11) is 0. The predicted octanol–water partition coefficient (Wildman–Crippen LogP) is 4.60. The first-order valence-corrected chi connectivity index (χ1v) is 6.61. The van der Waals surface area contributed by atoms with Gasteiger partial charge in [-0.3, -0.25) is 4.79 Å². The van der Waals surface area contributed by atoms with Gasteiger partial charge in [-0.2, -0.15) is 0 Å². The standard InChI is InChI=1S/C14H28O/c1-5-7-8-13(6-2)9-10-14(15)11-12(3)4/h12-13H,5-11H2,1-4H3/t13-/m1/s1. The monoisotopic (exact) mass is 212 g/mol. The molecule has 0 rings (SSSR count). The van der Waals surface area contributed by atoms with Crippen LogP contribution in [0.5, 0.6) is 0 Å². The van der Waals surface area contributed by atoms with E-state index in [2.05, 4.69) is 27.7 Å². The Morgan fingerprint density at radius 3 is 2.27 bits per heavy atom. The Kier molecular flexibility index (Phi) is 8.74. The molecule has 0 aliphatic heterocycles. The van der Waals surface area contributed by atoms with Crippen molar-refractivity contribution in [2.45, 2.75) is 72.6 Å². The zero-order valence-corrected chi connectivity index (χ0v) is 11.0. The second-order valence-corrected chi connectivity index (χ2v) is 5.09. The molecule has 1 atom stereocenters. The van der Waals surface area contributed by atoms with Crippen LogP contribution in [0.1, 0.15) is 72.6 Å². The maximum absolute atomic E-state index is 11.5. The number of hydrogen-bond acceptors (Lipinski definition) is 1. The smallest absolute Gasteiger partial charge is 0.133 e. The van der Waals surface area contributed by atoms with Crippen LogP contribution in [0.25, 0.3) is 0 Å². The Bertz CT molecular complexity index is 161. The van der Waals surface area contributed by atoms with Crippen LogP contribution in [-0.2, 0) is 4.79 Å². The molecule has 0 aliphatic carbocycles. The van der Waals surface area contributed by atoms with Gasteiger partial charge in [-0.15, -0.1) is 0 Å². The number of ketones is 1. The minimum absolute atomic E-state index is 0.458. The van der Waals surface area contributed by atoms with Crippen LogP contribution in [-0.4, -0.2) is 5.78 Å². The van der Waals surface area contributed by atoms with Crippen molar-refractivity contribution in [3.8, 4) is 0 Å². The van der Waals surface area contributed by atoms with Gasteiger partial charge in [0.2, 0.25) is 0 Å². The summed E-state index contributed by atoms with van der Waals surface area (Å²) in [6.07, 6.45) is 7.82. The van der Waals surface area contributed by atoms with E-state index in [4.69, 9.17) is 0 Å². The summed E-state index contributed by atoms with van der Waals surface area (Å²) in [5, 5.41) is 0. The number of carbonyl (C=O) groups is 1. The van der Waals surface area contributed by atoms with Gasteiger partial charge in [0.25, 0.3) is 0 Å². The van der Waals surface area contributed by atoms with Crippen LogP contribution in [0, 0.1) is 11.8 Å². The lowest BCUT2D eigenvalue weighted by Crippen LogP contribution is -2.07. The van der Waals surface area contributed by atoms with Gasteiger partial charge < -0.3 is 0 Å². The molecule has 15 heavy (non-hydrogen) atoms. The van der Waals surface area contributed by atoms with E-state index in [0.29, 0.717) is 11.7 Å². The number of unbranched alkanes of at least 4 members (excludes halogenated alkanes) is 1. The van der Waals surface area contributed by atoms with E-state index >= 15 is 0 Å². The highest BCUT2D eigenvalue weighted by atomic mass is 16.1. The van der Waals surface area contributed by atoms with Crippen LogP contribution in [0.3, 0.4) is 0 Å². The van der Waals surface area contributed by atoms with E-state index in [0.717, 1.165) is 25.2 Å². The lowest BCUT2D eigenvalue weighted by Gasteiger charge is -2.13. The Morgan fingerprint density at radius 2 is 1.80 bits per heavy atom. The first-order valence-electron chi connectivity index (χ1n) is 6.61. The molecule has 0 spiro atoms. The number of carbonyl (C=O) groups excluding carboxylic acids is 1. The SMILES string of the molecule is CCCC[C@@H](CC)CCC(=O)CC(C)C. The van der Waals surface area contributed by atoms with E-state index in [-0.39, 0.29) is 0 Å². The molecular weight excluding hydrogens is 184 g/mol. The van der Waals surface area contributed by atoms with Gasteiger partial charge in [-0.05, 0) is 18.3 Å². The summed E-state index contributed by atoms with van der Waals surface area (Å²) in [6.45, 7) is 8.71. The molecule has 0 fully saturated rings. The summed E-state index contributed by atoms with van der Waals surface area (Å²) < 4.78 is 0. The summed E-state index contributed by atoms with van der Waals surface area (Å²) in [6, 6.07) is 0. The third-order valence-electron chi connectivity index (χ3n) is 3.01. The van der Waals surface area contributed by atoms with Crippen LogP contribution >= 0.6 is 0 Å². The predicted molar refractivity (Wildman–Crippen MR) is 67.0 cm³/mol. The van der Waals surface area contributed by atoms with Crippen molar-refractivity contribution in [2.75, 3.05) is 0 Å². The Labute approximate surface area is 95.6 Å². The van der Waals surface area contributed by atoms with Crippen LogP contribution in [0.15, 0.2) is 0 Å². The van der Waals surface area contributed by atoms with Crippen LogP contribution in [0.2, 0.25) is 0 Å². The van der Waals surface area contributed by atoms with Crippen molar-refractivity contribution >= 4 is 5.78 Å². The van der Waals surface area contributed by atoms with Crippen molar-refractivity contribution in [1.29, 1.82) is 0 Å². The Hall–Kier alpha value is -0.330. The molecule has 0 aromatic rings. The maximum Gasteiger partial charge on any atom is 0.133 e. The van der Waals surface area contributed by atoms with Gasteiger partial charge in [0.1, 0.15) is 5.78 Å². The highest BCUT2D eigenvalue weighted by Gasteiger charge is 2.10. The fourth-order valence-corrected chi connectivity index (χ4v) is 1.97. The molecule has 0 heterocycles. The minimum Gasteiger partial charge on any atom is -0.300 e. The quantitative estimate of drug-likeness (QED) is 0.546. The van der Waals surface area contributed by atoms with E-state index in [1.165, 1.54) is 25.7 Å². The van der Waals surface area contributed by atoms with Gasteiger partial charge in [-0.25, -0.2) is 0 Å². The number of Topliss-reactive ketones (excluding diaryl/α,β-unsaturated/α-hetero) is 1. The van der Waals surface area contributed by atoms with Crippen molar-refractivity contribution in [3.05, 3.63) is 0 Å². The summed E-state index contributed by atoms with van der Waals surface area (Å²) >= 11 is 0. The van der Waals surface area contributed by atoms with Gasteiger partial charge in [0.05, 0.1) is 0 Å². The molecule has 0 amide bonds. The van der Waals surface area contributed by atoms with Crippen molar-refractivity contribution in [1.82, 2.24) is 0 Å². The zero-order valence-electron chi connectivity index (χ0n) is 11.0. The van der Waals surface area contributed by atoms with Crippen molar-refractivity contribution < 1.29 is 4.79 Å².